The molecule has 134 valence electrons. The molecule has 1 heterocycles. The number of carbonyl (C=O) groups is 1. The molecule has 0 aliphatic rings. The first-order chi connectivity index (χ1) is 12.0. The number of anilines is 1. The number of hydrogen-bond acceptors (Lipinski definition) is 4. The van der Waals surface area contributed by atoms with Crippen molar-refractivity contribution in [3.63, 3.8) is 0 Å². The second-order valence-corrected chi connectivity index (χ2v) is 5.89. The molecule has 25 heavy (non-hydrogen) atoms. The average molecular weight is 344 g/mol. The minimum atomic E-state index is -0.308. The van der Waals surface area contributed by atoms with E-state index < -0.39 is 0 Å². The smallest absolute Gasteiger partial charge is 0.256 e. The second kappa shape index (κ2) is 8.55. The lowest BCUT2D eigenvalue weighted by molar-refractivity contribution is 0.0939. The fourth-order valence-electron chi connectivity index (χ4n) is 2.44. The van der Waals surface area contributed by atoms with Gasteiger partial charge in [0, 0.05) is 30.9 Å². The quantitative estimate of drug-likeness (QED) is 0.833. The Hall–Kier alpha value is -2.50. The first-order valence-corrected chi connectivity index (χ1v) is 8.68. The lowest BCUT2D eigenvalue weighted by Gasteiger charge is -2.23. The van der Waals surface area contributed by atoms with Crippen molar-refractivity contribution in [2.24, 2.45) is 0 Å². The number of nitrogens with one attached hydrogen (secondary N) is 1. The van der Waals surface area contributed by atoms with Crippen LogP contribution >= 0.6 is 0 Å². The Morgan fingerprint density at radius 2 is 1.84 bits per heavy atom. The molecule has 2 aromatic rings. The van der Waals surface area contributed by atoms with E-state index in [0.717, 1.165) is 19.5 Å². The van der Waals surface area contributed by atoms with Gasteiger partial charge in [0.05, 0.1) is 0 Å². The van der Waals surface area contributed by atoms with Crippen LogP contribution in [-0.4, -0.2) is 35.0 Å². The zero-order valence-electron chi connectivity index (χ0n) is 15.2. The number of rotatable bonds is 7. The summed E-state index contributed by atoms with van der Waals surface area (Å²) in [6.07, 6.45) is 2.40. The average Bonchev–Trinajstić information content (AvgIpc) is 2.63. The largest absolute Gasteiger partial charge is 0.356 e. The summed E-state index contributed by atoms with van der Waals surface area (Å²) >= 11 is 0. The monoisotopic (exact) mass is 344 g/mol. The summed E-state index contributed by atoms with van der Waals surface area (Å²) in [4.78, 5) is 23.5. The van der Waals surface area contributed by atoms with Crippen LogP contribution in [0.25, 0.3) is 11.4 Å². The van der Waals surface area contributed by atoms with Gasteiger partial charge in [0.15, 0.2) is 5.82 Å². The lowest BCUT2D eigenvalue weighted by Crippen LogP contribution is -2.34. The van der Waals surface area contributed by atoms with Crippen molar-refractivity contribution in [3.05, 3.63) is 41.8 Å². The third-order valence-corrected chi connectivity index (χ3v) is 4.17. The molecule has 0 fully saturated rings. The van der Waals surface area contributed by atoms with Gasteiger partial charge in [-0.05, 0) is 51.5 Å². The second-order valence-electron chi connectivity index (χ2n) is 5.89. The molecule has 1 N–H and O–H groups in total. The van der Waals surface area contributed by atoms with E-state index in [9.17, 15) is 9.18 Å². The van der Waals surface area contributed by atoms with Gasteiger partial charge in [-0.2, -0.15) is 0 Å². The Morgan fingerprint density at radius 1 is 1.20 bits per heavy atom. The highest BCUT2D eigenvalue weighted by Gasteiger charge is 2.20. The molecule has 1 aromatic carbocycles. The summed E-state index contributed by atoms with van der Waals surface area (Å²) in [6, 6.07) is 6.10. The molecule has 0 radical (unpaired) electrons. The zero-order chi connectivity index (χ0) is 18.4. The summed E-state index contributed by atoms with van der Waals surface area (Å²) in [6.45, 7) is 9.45. The molecule has 1 aromatic heterocycles. The SMILES string of the molecule is CC[C@H](C)NC(=O)c1cnc(-c2ccc(F)cc2)nc1N(CC)CC. The van der Waals surface area contributed by atoms with Gasteiger partial charge in [-0.1, -0.05) is 6.92 Å². The highest BCUT2D eigenvalue weighted by Crippen LogP contribution is 2.23. The third-order valence-electron chi connectivity index (χ3n) is 4.17. The van der Waals surface area contributed by atoms with Crippen LogP contribution in [0.15, 0.2) is 30.5 Å². The highest BCUT2D eigenvalue weighted by atomic mass is 19.1. The predicted octanol–water partition coefficient (Wildman–Crippen LogP) is 3.66. The summed E-state index contributed by atoms with van der Waals surface area (Å²) in [5.41, 5.74) is 1.17. The van der Waals surface area contributed by atoms with Crippen LogP contribution in [0.2, 0.25) is 0 Å². The van der Waals surface area contributed by atoms with Gasteiger partial charge in [-0.3, -0.25) is 4.79 Å². The molecule has 1 amide bonds. The molecule has 6 heteroatoms. The zero-order valence-corrected chi connectivity index (χ0v) is 15.2. The molecular formula is C19H25FN4O. The van der Waals surface area contributed by atoms with Gasteiger partial charge in [0.1, 0.15) is 17.2 Å². The number of carbonyl (C=O) groups excluding carboxylic acids is 1. The van der Waals surface area contributed by atoms with Crippen LogP contribution in [-0.2, 0) is 0 Å². The Kier molecular flexibility index (Phi) is 6.44. The molecule has 0 saturated carbocycles. The Labute approximate surface area is 148 Å². The molecule has 0 bridgehead atoms. The van der Waals surface area contributed by atoms with E-state index in [-0.39, 0.29) is 17.8 Å². The van der Waals surface area contributed by atoms with E-state index in [1.54, 1.807) is 18.3 Å². The topological polar surface area (TPSA) is 58.1 Å². The van der Waals surface area contributed by atoms with Crippen molar-refractivity contribution in [1.82, 2.24) is 15.3 Å². The predicted molar refractivity (Wildman–Crippen MR) is 98.2 cm³/mol. The Morgan fingerprint density at radius 3 is 2.40 bits per heavy atom. The normalized spacial score (nSPS) is 11.9. The number of amides is 1. The first-order valence-electron chi connectivity index (χ1n) is 8.68. The van der Waals surface area contributed by atoms with Gasteiger partial charge in [-0.15, -0.1) is 0 Å². The van der Waals surface area contributed by atoms with Crippen molar-refractivity contribution in [2.45, 2.75) is 40.2 Å². The Bertz CT molecular complexity index is 714. The number of aromatic nitrogens is 2. The molecule has 0 saturated heterocycles. The molecule has 0 spiro atoms. The molecule has 0 aliphatic heterocycles. The first kappa shape index (κ1) is 18.8. The molecule has 0 aliphatic carbocycles. The van der Waals surface area contributed by atoms with Crippen LogP contribution < -0.4 is 10.2 Å². The van der Waals surface area contributed by atoms with Gasteiger partial charge in [-0.25, -0.2) is 14.4 Å². The van der Waals surface area contributed by atoms with E-state index in [4.69, 9.17) is 0 Å². The van der Waals surface area contributed by atoms with Gasteiger partial charge in [0.2, 0.25) is 0 Å². The van der Waals surface area contributed by atoms with E-state index in [1.807, 2.05) is 32.6 Å². The van der Waals surface area contributed by atoms with Crippen LogP contribution in [0.4, 0.5) is 10.2 Å². The standard InChI is InChI=1S/C19H25FN4O/c1-5-13(4)22-19(25)16-12-21-17(14-8-10-15(20)11-9-14)23-18(16)24(6-2)7-3/h8-13H,5-7H2,1-4H3,(H,22,25)/t13-/m0/s1. The third kappa shape index (κ3) is 4.53. The molecule has 1 atom stereocenters. The van der Waals surface area contributed by atoms with Crippen molar-refractivity contribution in [3.8, 4) is 11.4 Å². The summed E-state index contributed by atoms with van der Waals surface area (Å²) in [5, 5.41) is 2.96. The number of halogens is 1. The van der Waals surface area contributed by atoms with E-state index in [0.29, 0.717) is 22.8 Å². The summed E-state index contributed by atoms with van der Waals surface area (Å²) < 4.78 is 13.1. The number of hydrogen-bond donors (Lipinski definition) is 1. The highest BCUT2D eigenvalue weighted by molar-refractivity contribution is 5.99. The Balaban J connectivity index is 2.46. The van der Waals surface area contributed by atoms with Crippen molar-refractivity contribution in [1.29, 1.82) is 0 Å². The minimum Gasteiger partial charge on any atom is -0.356 e. The van der Waals surface area contributed by atoms with Gasteiger partial charge >= 0.3 is 0 Å². The van der Waals surface area contributed by atoms with Crippen LogP contribution in [0, 0.1) is 5.82 Å². The maximum Gasteiger partial charge on any atom is 0.256 e. The van der Waals surface area contributed by atoms with E-state index in [1.165, 1.54) is 12.1 Å². The maximum atomic E-state index is 13.1. The van der Waals surface area contributed by atoms with Crippen LogP contribution in [0.5, 0.6) is 0 Å². The fraction of sp³-hybridized carbons (Fsp3) is 0.421. The van der Waals surface area contributed by atoms with Gasteiger partial charge in [0.25, 0.3) is 5.91 Å². The summed E-state index contributed by atoms with van der Waals surface area (Å²) in [7, 11) is 0. The van der Waals surface area contributed by atoms with Crippen LogP contribution in [0.3, 0.4) is 0 Å². The summed E-state index contributed by atoms with van der Waals surface area (Å²) in [5.74, 6) is 0.585. The molecule has 5 nitrogen and oxygen atoms in total. The molecule has 0 unspecified atom stereocenters. The van der Waals surface area contributed by atoms with Crippen molar-refractivity contribution in [2.75, 3.05) is 18.0 Å². The fourth-order valence-corrected chi connectivity index (χ4v) is 2.44. The lowest BCUT2D eigenvalue weighted by atomic mass is 10.2. The van der Waals surface area contributed by atoms with Crippen LogP contribution in [0.1, 0.15) is 44.5 Å². The van der Waals surface area contributed by atoms with E-state index >= 15 is 0 Å². The van der Waals surface area contributed by atoms with Crippen molar-refractivity contribution < 1.29 is 9.18 Å². The van der Waals surface area contributed by atoms with Gasteiger partial charge < -0.3 is 10.2 Å². The molecule has 2 rings (SSSR count). The molecular weight excluding hydrogens is 319 g/mol. The van der Waals surface area contributed by atoms with Crippen molar-refractivity contribution >= 4 is 11.7 Å². The van der Waals surface area contributed by atoms with E-state index in [2.05, 4.69) is 15.3 Å². The number of nitrogens with zero attached hydrogens (tertiary/aromatic N) is 3. The number of benzene rings is 1. The maximum absolute atomic E-state index is 13.1. The minimum absolute atomic E-state index is 0.0776.